The highest BCUT2D eigenvalue weighted by atomic mass is 79.9. The molecule has 2 fully saturated rings. The number of nitrogens with zero attached hydrogens (tertiary/aromatic N) is 5. The molecule has 0 N–H and O–H groups in total. The molecule has 1 aromatic carbocycles. The molecule has 190 valence electrons. The number of halogens is 2. The molecule has 0 spiro atoms. The van der Waals surface area contributed by atoms with Crippen molar-refractivity contribution in [3.05, 3.63) is 21.9 Å². The van der Waals surface area contributed by atoms with Crippen LogP contribution in [0.15, 0.2) is 10.5 Å². The lowest BCUT2D eigenvalue weighted by Crippen LogP contribution is -2.50. The summed E-state index contributed by atoms with van der Waals surface area (Å²) in [7, 11) is 2.05. The Morgan fingerprint density at radius 2 is 1.94 bits per heavy atom. The Hall–Kier alpha value is -2.53. The minimum Gasteiger partial charge on any atom is -0.462 e. The molecule has 35 heavy (non-hydrogen) atoms. The van der Waals surface area contributed by atoms with E-state index >= 15 is 4.39 Å². The summed E-state index contributed by atoms with van der Waals surface area (Å²) in [4.78, 5) is 38.8. The maximum absolute atomic E-state index is 15.3. The average Bonchev–Trinajstić information content (AvgIpc) is 3.23. The van der Waals surface area contributed by atoms with E-state index in [2.05, 4.69) is 37.8 Å². The molecular formula is C24H31BrFN5O4. The molecule has 2 aromatic rings. The number of piperazine rings is 1. The molecule has 0 unspecified atom stereocenters. The van der Waals surface area contributed by atoms with Crippen molar-refractivity contribution in [2.24, 2.45) is 0 Å². The quantitative estimate of drug-likeness (QED) is 0.517. The molecule has 1 atom stereocenters. The van der Waals surface area contributed by atoms with Crippen LogP contribution in [0.3, 0.4) is 0 Å². The Labute approximate surface area is 212 Å². The van der Waals surface area contributed by atoms with Crippen molar-refractivity contribution in [2.75, 3.05) is 51.3 Å². The van der Waals surface area contributed by atoms with E-state index in [1.54, 1.807) is 11.0 Å². The number of rotatable bonds is 5. The molecule has 1 amide bonds. The first kappa shape index (κ1) is 25.6. The predicted molar refractivity (Wildman–Crippen MR) is 134 cm³/mol. The zero-order chi connectivity index (χ0) is 25.3. The van der Waals surface area contributed by atoms with Gasteiger partial charge in [0.05, 0.1) is 4.47 Å². The first-order valence-electron chi connectivity index (χ1n) is 11.8. The summed E-state index contributed by atoms with van der Waals surface area (Å²) in [5.41, 5.74) is -0.322. The number of aldehydes is 1. The van der Waals surface area contributed by atoms with Crippen LogP contribution in [-0.4, -0.2) is 90.2 Å². The van der Waals surface area contributed by atoms with Crippen LogP contribution in [0, 0.1) is 5.82 Å². The van der Waals surface area contributed by atoms with Gasteiger partial charge in [-0.15, -0.1) is 0 Å². The number of carbonyl (C=O) groups excluding carboxylic acids is 2. The summed E-state index contributed by atoms with van der Waals surface area (Å²) in [6.45, 7) is 8.67. The molecule has 0 saturated carbocycles. The van der Waals surface area contributed by atoms with Gasteiger partial charge in [0.25, 0.3) is 0 Å². The summed E-state index contributed by atoms with van der Waals surface area (Å²) < 4.78 is 26.7. The molecule has 2 aliphatic rings. The van der Waals surface area contributed by atoms with E-state index in [4.69, 9.17) is 9.47 Å². The largest absolute Gasteiger partial charge is 0.462 e. The van der Waals surface area contributed by atoms with Crippen LogP contribution >= 0.6 is 15.9 Å². The Balaban J connectivity index is 1.63. The summed E-state index contributed by atoms with van der Waals surface area (Å²) >= 11 is 3.17. The first-order chi connectivity index (χ1) is 16.6. The molecule has 0 bridgehead atoms. The maximum atomic E-state index is 15.3. The van der Waals surface area contributed by atoms with Gasteiger partial charge in [0.15, 0.2) is 12.1 Å². The number of hydrogen-bond donors (Lipinski definition) is 0. The smallest absolute Gasteiger partial charge is 0.410 e. The second kappa shape index (κ2) is 10.2. The molecule has 2 saturated heterocycles. The molecule has 11 heteroatoms. The van der Waals surface area contributed by atoms with Crippen LogP contribution in [0.5, 0.6) is 6.01 Å². The SMILES string of the molecule is CN1CCC[C@H]1COc1nc(N2CCN(C(=O)OC(C)(C)C)CC2)c2cc(C=O)c(Br)c(F)c2n1. The van der Waals surface area contributed by atoms with Crippen molar-refractivity contribution >= 4 is 45.0 Å². The summed E-state index contributed by atoms with van der Waals surface area (Å²) in [6.07, 6.45) is 2.35. The fourth-order valence-electron chi connectivity index (χ4n) is 4.37. The third-order valence-electron chi connectivity index (χ3n) is 6.29. The fraction of sp³-hybridized carbons (Fsp3) is 0.583. The number of carbonyl (C=O) groups is 2. The lowest BCUT2D eigenvalue weighted by Gasteiger charge is -2.36. The number of fused-ring (bicyclic) bond motifs is 1. The Morgan fingerprint density at radius 1 is 1.23 bits per heavy atom. The van der Waals surface area contributed by atoms with Gasteiger partial charge in [0.2, 0.25) is 0 Å². The van der Waals surface area contributed by atoms with Crippen molar-refractivity contribution in [1.29, 1.82) is 0 Å². The Kier molecular flexibility index (Phi) is 7.46. The van der Waals surface area contributed by atoms with Gasteiger partial charge < -0.3 is 24.2 Å². The van der Waals surface area contributed by atoms with Crippen molar-refractivity contribution in [1.82, 2.24) is 19.8 Å². The molecule has 3 heterocycles. The average molecular weight is 552 g/mol. The number of ether oxygens (including phenoxy) is 2. The van der Waals surface area contributed by atoms with Crippen molar-refractivity contribution in [3.8, 4) is 6.01 Å². The highest BCUT2D eigenvalue weighted by Crippen LogP contribution is 2.34. The van der Waals surface area contributed by atoms with Gasteiger partial charge in [0.1, 0.15) is 23.5 Å². The minimum absolute atomic E-state index is 0.0564. The summed E-state index contributed by atoms with van der Waals surface area (Å²) in [5, 5.41) is 0.420. The number of benzene rings is 1. The van der Waals surface area contributed by atoms with Crippen LogP contribution in [0.25, 0.3) is 10.9 Å². The molecule has 9 nitrogen and oxygen atoms in total. The van der Waals surface area contributed by atoms with E-state index in [0.717, 1.165) is 19.4 Å². The lowest BCUT2D eigenvalue weighted by atomic mass is 10.1. The van der Waals surface area contributed by atoms with Crippen LogP contribution in [0.1, 0.15) is 44.0 Å². The molecule has 4 rings (SSSR count). The van der Waals surface area contributed by atoms with Gasteiger partial charge in [-0.1, -0.05) is 0 Å². The van der Waals surface area contributed by atoms with E-state index in [0.29, 0.717) is 50.3 Å². The first-order valence-corrected chi connectivity index (χ1v) is 12.6. The zero-order valence-electron chi connectivity index (χ0n) is 20.5. The second-order valence-corrected chi connectivity index (χ2v) is 10.8. The molecule has 1 aromatic heterocycles. The van der Waals surface area contributed by atoms with Gasteiger partial charge in [-0.05, 0) is 69.2 Å². The number of aromatic nitrogens is 2. The third kappa shape index (κ3) is 5.66. The number of hydrogen-bond acceptors (Lipinski definition) is 8. The van der Waals surface area contributed by atoms with E-state index in [9.17, 15) is 9.59 Å². The van der Waals surface area contributed by atoms with E-state index < -0.39 is 11.4 Å². The summed E-state index contributed by atoms with van der Waals surface area (Å²) in [5.74, 6) is -0.161. The normalized spacial score (nSPS) is 19.3. The minimum atomic E-state index is -0.636. The van der Waals surface area contributed by atoms with Crippen molar-refractivity contribution in [2.45, 2.75) is 45.3 Å². The fourth-order valence-corrected chi connectivity index (χ4v) is 4.76. The zero-order valence-corrected chi connectivity index (χ0v) is 22.1. The van der Waals surface area contributed by atoms with Gasteiger partial charge in [0, 0.05) is 43.2 Å². The predicted octanol–water partition coefficient (Wildman–Crippen LogP) is 3.87. The Bertz CT molecular complexity index is 1120. The van der Waals surface area contributed by atoms with Crippen LogP contribution < -0.4 is 9.64 Å². The third-order valence-corrected chi connectivity index (χ3v) is 7.10. The van der Waals surface area contributed by atoms with E-state index in [1.165, 1.54) is 0 Å². The number of likely N-dealkylation sites (tertiary alicyclic amines) is 1. The lowest BCUT2D eigenvalue weighted by molar-refractivity contribution is 0.0240. The van der Waals surface area contributed by atoms with Gasteiger partial charge in [-0.3, -0.25) is 4.79 Å². The monoisotopic (exact) mass is 551 g/mol. The summed E-state index contributed by atoms with van der Waals surface area (Å²) in [6, 6.07) is 1.93. The highest BCUT2D eigenvalue weighted by Gasteiger charge is 2.29. The molecule has 0 aliphatic carbocycles. The molecule has 0 radical (unpaired) electrons. The number of amides is 1. The number of anilines is 1. The molecular weight excluding hydrogens is 521 g/mol. The van der Waals surface area contributed by atoms with Gasteiger partial charge >= 0.3 is 12.1 Å². The van der Waals surface area contributed by atoms with Gasteiger partial charge in [-0.2, -0.15) is 9.97 Å². The van der Waals surface area contributed by atoms with E-state index in [1.807, 2.05) is 25.7 Å². The standard InChI is InChI=1S/C24H31BrFN5O4/c1-24(2,3)35-23(33)31-10-8-30(9-11-31)21-17-12-15(13-32)18(25)19(26)20(17)27-22(28-21)34-14-16-6-5-7-29(16)4/h12-13,16H,5-11,14H2,1-4H3/t16-/m0/s1. The number of likely N-dealkylation sites (N-methyl/N-ethyl adjacent to an activating group) is 1. The molecule has 2 aliphatic heterocycles. The van der Waals surface area contributed by atoms with Gasteiger partial charge in [-0.25, -0.2) is 9.18 Å². The topological polar surface area (TPSA) is 88.1 Å². The van der Waals surface area contributed by atoms with Crippen molar-refractivity contribution < 1.29 is 23.5 Å². The van der Waals surface area contributed by atoms with Crippen LogP contribution in [0.2, 0.25) is 0 Å². The maximum Gasteiger partial charge on any atom is 0.410 e. The van der Waals surface area contributed by atoms with Crippen LogP contribution in [0.4, 0.5) is 15.0 Å². The Morgan fingerprint density at radius 3 is 2.54 bits per heavy atom. The van der Waals surface area contributed by atoms with Crippen molar-refractivity contribution in [3.63, 3.8) is 0 Å². The highest BCUT2D eigenvalue weighted by molar-refractivity contribution is 9.10. The van der Waals surface area contributed by atoms with E-state index in [-0.39, 0.29) is 33.7 Å². The van der Waals surface area contributed by atoms with Crippen LogP contribution in [-0.2, 0) is 4.74 Å². The second-order valence-electron chi connectivity index (χ2n) is 9.98.